The fourth-order valence-electron chi connectivity index (χ4n) is 3.12. The summed E-state index contributed by atoms with van der Waals surface area (Å²) in [5.41, 5.74) is 5.90. The Kier molecular flexibility index (Phi) is 2.98. The van der Waals surface area contributed by atoms with E-state index in [1.54, 1.807) is 0 Å². The van der Waals surface area contributed by atoms with Crippen molar-refractivity contribution in [2.45, 2.75) is 18.9 Å². The second kappa shape index (κ2) is 5.32. The zero-order chi connectivity index (χ0) is 16.8. The summed E-state index contributed by atoms with van der Waals surface area (Å²) < 4.78 is 4.10. The van der Waals surface area contributed by atoms with E-state index in [-0.39, 0.29) is 0 Å². The normalized spacial score (nSPS) is 13.9. The summed E-state index contributed by atoms with van der Waals surface area (Å²) in [6.07, 6.45) is 8.33. The molecule has 2 aromatic heterocycles. The first-order valence-electron chi connectivity index (χ1n) is 8.34. The zero-order valence-corrected chi connectivity index (χ0v) is 13.5. The molecule has 0 bridgehead atoms. The summed E-state index contributed by atoms with van der Waals surface area (Å²) in [5, 5.41) is 13.4. The Hall–Kier alpha value is -3.39. The molecule has 2 heterocycles. The fraction of sp³-hybridized carbons (Fsp3) is 0.150. The average molecular weight is 325 g/mol. The molecule has 0 spiro atoms. The lowest BCUT2D eigenvalue weighted by atomic mass is 10.1. The van der Waals surface area contributed by atoms with Gasteiger partial charge in [-0.05, 0) is 54.8 Å². The van der Waals surface area contributed by atoms with E-state index >= 15 is 0 Å². The molecule has 5 nitrogen and oxygen atoms in total. The molecule has 1 fully saturated rings. The topological polar surface area (TPSA) is 59.4 Å². The van der Waals surface area contributed by atoms with Crippen LogP contribution in [0.5, 0.6) is 0 Å². The number of rotatable bonds is 3. The Labute approximate surface area is 144 Å². The van der Waals surface area contributed by atoms with E-state index in [0.717, 1.165) is 27.8 Å². The van der Waals surface area contributed by atoms with Gasteiger partial charge in [0.15, 0.2) is 0 Å². The third kappa shape index (κ3) is 2.39. The van der Waals surface area contributed by atoms with Crippen LogP contribution in [0.25, 0.3) is 27.8 Å². The highest BCUT2D eigenvalue weighted by atomic mass is 15.3. The first kappa shape index (κ1) is 14.0. The van der Waals surface area contributed by atoms with E-state index in [2.05, 4.69) is 45.2 Å². The van der Waals surface area contributed by atoms with Crippen LogP contribution < -0.4 is 0 Å². The van der Waals surface area contributed by atoms with E-state index in [1.807, 2.05) is 41.4 Å². The maximum absolute atomic E-state index is 8.93. The van der Waals surface area contributed by atoms with Gasteiger partial charge < -0.3 is 0 Å². The number of fused-ring (bicyclic) bond motifs is 1. The number of aromatic nitrogens is 4. The maximum Gasteiger partial charge on any atom is 0.100 e. The van der Waals surface area contributed by atoms with Gasteiger partial charge in [0.05, 0.1) is 34.9 Å². The van der Waals surface area contributed by atoms with Crippen LogP contribution in [0.2, 0.25) is 0 Å². The molecule has 1 aliphatic rings. The zero-order valence-electron chi connectivity index (χ0n) is 13.5. The molecule has 0 saturated heterocycles. The number of benzene rings is 2. The second-order valence-electron chi connectivity index (χ2n) is 6.42. The third-order valence-corrected chi connectivity index (χ3v) is 4.68. The van der Waals surface area contributed by atoms with Gasteiger partial charge in [0.2, 0.25) is 0 Å². The van der Waals surface area contributed by atoms with E-state index < -0.39 is 0 Å². The van der Waals surface area contributed by atoms with Crippen molar-refractivity contribution >= 4 is 11.0 Å². The first-order chi connectivity index (χ1) is 12.3. The fourth-order valence-corrected chi connectivity index (χ4v) is 3.12. The highest BCUT2D eigenvalue weighted by Crippen LogP contribution is 2.35. The van der Waals surface area contributed by atoms with Crippen LogP contribution in [0.1, 0.15) is 24.4 Å². The Balaban J connectivity index is 1.53. The molecule has 0 radical (unpaired) electrons. The highest BCUT2D eigenvalue weighted by Gasteiger charge is 2.24. The van der Waals surface area contributed by atoms with E-state index in [9.17, 15) is 0 Å². The monoisotopic (exact) mass is 325 g/mol. The van der Waals surface area contributed by atoms with Crippen LogP contribution in [0.4, 0.5) is 0 Å². The maximum atomic E-state index is 8.93. The molecule has 25 heavy (non-hydrogen) atoms. The van der Waals surface area contributed by atoms with Gasteiger partial charge >= 0.3 is 0 Å². The number of hydrogen-bond acceptors (Lipinski definition) is 3. The van der Waals surface area contributed by atoms with Crippen molar-refractivity contribution in [2.24, 2.45) is 0 Å². The predicted octanol–water partition coefficient (Wildman–Crippen LogP) is 4.10. The predicted molar refractivity (Wildman–Crippen MR) is 95.3 cm³/mol. The minimum atomic E-state index is 0.591. The van der Waals surface area contributed by atoms with Crippen LogP contribution >= 0.6 is 0 Å². The largest absolute Gasteiger partial charge is 0.299 e. The summed E-state index contributed by atoms with van der Waals surface area (Å²) >= 11 is 0. The van der Waals surface area contributed by atoms with Crippen LogP contribution in [0, 0.1) is 11.3 Å². The van der Waals surface area contributed by atoms with Gasteiger partial charge in [-0.15, -0.1) is 0 Å². The number of nitrogens with zero attached hydrogens (tertiary/aromatic N) is 5. The summed E-state index contributed by atoms with van der Waals surface area (Å²) in [4.78, 5) is 4.55. The average Bonchev–Trinajstić information content (AvgIpc) is 3.24. The van der Waals surface area contributed by atoms with E-state index in [1.165, 1.54) is 12.8 Å². The van der Waals surface area contributed by atoms with Crippen molar-refractivity contribution in [1.29, 1.82) is 5.26 Å². The van der Waals surface area contributed by atoms with Crippen molar-refractivity contribution in [3.63, 3.8) is 0 Å². The second-order valence-corrected chi connectivity index (χ2v) is 6.42. The molecule has 0 unspecified atom stereocenters. The van der Waals surface area contributed by atoms with Gasteiger partial charge in [-0.25, -0.2) is 4.98 Å². The van der Waals surface area contributed by atoms with Crippen molar-refractivity contribution in [3.8, 4) is 22.9 Å². The SMILES string of the molecule is N#Cc1ccc(-n2cnc3cc(-c4cnn(C5CC5)c4)ccc32)cc1. The van der Waals surface area contributed by atoms with Gasteiger partial charge in [-0.1, -0.05) is 6.07 Å². The van der Waals surface area contributed by atoms with Crippen LogP contribution in [-0.4, -0.2) is 19.3 Å². The summed E-state index contributed by atoms with van der Waals surface area (Å²) in [7, 11) is 0. The van der Waals surface area contributed by atoms with E-state index in [4.69, 9.17) is 5.26 Å². The Morgan fingerprint density at radius 1 is 1.04 bits per heavy atom. The van der Waals surface area contributed by atoms with Crippen molar-refractivity contribution in [1.82, 2.24) is 19.3 Å². The smallest absolute Gasteiger partial charge is 0.100 e. The Morgan fingerprint density at radius 2 is 1.88 bits per heavy atom. The van der Waals surface area contributed by atoms with Crippen molar-refractivity contribution < 1.29 is 0 Å². The quantitative estimate of drug-likeness (QED) is 0.570. The highest BCUT2D eigenvalue weighted by molar-refractivity contribution is 5.83. The number of nitriles is 1. The molecule has 0 atom stereocenters. The summed E-state index contributed by atoms with van der Waals surface area (Å²) in [6.45, 7) is 0. The van der Waals surface area contributed by atoms with Gasteiger partial charge in [0, 0.05) is 17.4 Å². The molecule has 5 rings (SSSR count). The molecule has 120 valence electrons. The molecule has 1 aliphatic carbocycles. The van der Waals surface area contributed by atoms with Crippen molar-refractivity contribution in [2.75, 3.05) is 0 Å². The molecule has 1 saturated carbocycles. The molecule has 0 N–H and O–H groups in total. The van der Waals surface area contributed by atoms with E-state index in [0.29, 0.717) is 11.6 Å². The van der Waals surface area contributed by atoms with Gasteiger partial charge in [-0.2, -0.15) is 10.4 Å². The molecule has 2 aromatic carbocycles. The lowest BCUT2D eigenvalue weighted by Gasteiger charge is -2.05. The van der Waals surface area contributed by atoms with Crippen LogP contribution in [0.15, 0.2) is 61.2 Å². The molecule has 5 heteroatoms. The van der Waals surface area contributed by atoms with Crippen molar-refractivity contribution in [3.05, 3.63) is 66.7 Å². The summed E-state index contributed by atoms with van der Waals surface area (Å²) in [6, 6.07) is 16.6. The lowest BCUT2D eigenvalue weighted by Crippen LogP contribution is -1.92. The first-order valence-corrected chi connectivity index (χ1v) is 8.34. The Morgan fingerprint density at radius 3 is 2.64 bits per heavy atom. The van der Waals surface area contributed by atoms with Crippen LogP contribution in [-0.2, 0) is 0 Å². The lowest BCUT2D eigenvalue weighted by molar-refractivity contribution is 0.642. The third-order valence-electron chi connectivity index (χ3n) is 4.68. The molecular formula is C20H15N5. The molecular weight excluding hydrogens is 310 g/mol. The molecule has 4 aromatic rings. The minimum Gasteiger partial charge on any atom is -0.299 e. The summed E-state index contributed by atoms with van der Waals surface area (Å²) in [5.74, 6) is 0. The van der Waals surface area contributed by atoms with Crippen LogP contribution in [0.3, 0.4) is 0 Å². The molecule has 0 aliphatic heterocycles. The standard InChI is InChI=1S/C20H15N5/c21-10-14-1-4-17(5-2-14)24-13-22-19-9-15(3-8-20(19)24)16-11-23-25(12-16)18-6-7-18/h1-5,8-9,11-13,18H,6-7H2. The Bertz CT molecular complexity index is 1110. The minimum absolute atomic E-state index is 0.591. The van der Waals surface area contributed by atoms with Gasteiger partial charge in [0.25, 0.3) is 0 Å². The van der Waals surface area contributed by atoms with Gasteiger partial charge in [0.1, 0.15) is 6.33 Å². The van der Waals surface area contributed by atoms with Gasteiger partial charge in [-0.3, -0.25) is 9.25 Å². The number of imidazole rings is 1. The molecule has 0 amide bonds. The number of hydrogen-bond donors (Lipinski definition) is 0.